The normalized spacial score (nSPS) is 16.3. The van der Waals surface area contributed by atoms with Crippen LogP contribution in [0.3, 0.4) is 0 Å². The van der Waals surface area contributed by atoms with Gasteiger partial charge >= 0.3 is 0 Å². The zero-order valence-corrected chi connectivity index (χ0v) is 14.3. The fourth-order valence-corrected chi connectivity index (χ4v) is 2.66. The molecule has 0 amide bonds. The van der Waals surface area contributed by atoms with E-state index in [0.717, 1.165) is 43.3 Å². The fraction of sp³-hybridized carbons (Fsp3) is 0.611. The molecule has 1 fully saturated rings. The van der Waals surface area contributed by atoms with E-state index >= 15 is 0 Å². The van der Waals surface area contributed by atoms with Crippen LogP contribution in [-0.2, 0) is 6.42 Å². The molecule has 0 atom stereocenters. The van der Waals surface area contributed by atoms with Crippen LogP contribution in [0.15, 0.2) is 40.0 Å². The summed E-state index contributed by atoms with van der Waals surface area (Å²) in [5, 5.41) is 6.80. The quantitative estimate of drug-likeness (QED) is 0.439. The van der Waals surface area contributed by atoms with Crippen LogP contribution in [0, 0.1) is 0 Å². The van der Waals surface area contributed by atoms with Gasteiger partial charge in [0.15, 0.2) is 5.96 Å². The Morgan fingerprint density at radius 1 is 1.26 bits per heavy atom. The van der Waals surface area contributed by atoms with Crippen LogP contribution in [0.1, 0.15) is 31.9 Å². The number of furan rings is 1. The molecule has 5 nitrogen and oxygen atoms in total. The number of hydrogen-bond acceptors (Lipinski definition) is 3. The van der Waals surface area contributed by atoms with E-state index in [4.69, 9.17) is 4.42 Å². The average Bonchev–Trinajstić information content (AvgIpc) is 3.06. The Bertz CT molecular complexity index is 475. The Labute approximate surface area is 139 Å². The predicted octanol–water partition coefficient (Wildman–Crippen LogP) is 2.42. The molecule has 1 aliphatic rings. The fourth-order valence-electron chi connectivity index (χ4n) is 2.66. The lowest BCUT2D eigenvalue weighted by atomic mass is 10.1. The molecule has 2 rings (SSSR count). The molecule has 2 N–H and O–H groups in total. The second kappa shape index (κ2) is 10.1. The first-order valence-electron chi connectivity index (χ1n) is 8.65. The molecule has 128 valence electrons. The van der Waals surface area contributed by atoms with Gasteiger partial charge in [-0.1, -0.05) is 18.6 Å². The molecule has 23 heavy (non-hydrogen) atoms. The number of aliphatic imine (C=N–C) groups is 1. The molecule has 0 aromatic carbocycles. The Morgan fingerprint density at radius 3 is 2.74 bits per heavy atom. The van der Waals surface area contributed by atoms with Crippen molar-refractivity contribution in [3.8, 4) is 0 Å². The highest BCUT2D eigenvalue weighted by molar-refractivity contribution is 5.79. The third-order valence-corrected chi connectivity index (χ3v) is 3.92. The molecule has 1 aromatic heterocycles. The van der Waals surface area contributed by atoms with Crippen LogP contribution in [0.4, 0.5) is 0 Å². The summed E-state index contributed by atoms with van der Waals surface area (Å²) in [7, 11) is 0. The molecular formula is C18H30N4O. The van der Waals surface area contributed by atoms with Gasteiger partial charge in [0.2, 0.25) is 0 Å². The van der Waals surface area contributed by atoms with Crippen LogP contribution in [-0.4, -0.2) is 50.1 Å². The first kappa shape index (κ1) is 17.6. The molecule has 0 unspecified atom stereocenters. The summed E-state index contributed by atoms with van der Waals surface area (Å²) in [6, 6.07) is 3.92. The van der Waals surface area contributed by atoms with Crippen LogP contribution in [0.5, 0.6) is 0 Å². The molecule has 0 bridgehead atoms. The number of piperidine rings is 1. The summed E-state index contributed by atoms with van der Waals surface area (Å²) in [5.41, 5.74) is 1.06. The highest BCUT2D eigenvalue weighted by Crippen LogP contribution is 2.07. The van der Waals surface area contributed by atoms with Crippen molar-refractivity contribution in [2.75, 3.05) is 39.3 Å². The lowest BCUT2D eigenvalue weighted by molar-refractivity contribution is 0.232. The van der Waals surface area contributed by atoms with Crippen molar-refractivity contribution in [1.82, 2.24) is 15.5 Å². The molecule has 2 heterocycles. The van der Waals surface area contributed by atoms with Crippen molar-refractivity contribution >= 4 is 5.96 Å². The van der Waals surface area contributed by atoms with Crippen molar-refractivity contribution in [1.29, 1.82) is 0 Å². The lowest BCUT2D eigenvalue weighted by Crippen LogP contribution is -2.43. The van der Waals surface area contributed by atoms with Gasteiger partial charge in [-0.2, -0.15) is 0 Å². The van der Waals surface area contributed by atoms with E-state index in [2.05, 4.69) is 27.1 Å². The van der Waals surface area contributed by atoms with Gasteiger partial charge in [-0.3, -0.25) is 0 Å². The molecule has 0 aliphatic carbocycles. The van der Waals surface area contributed by atoms with Gasteiger partial charge in [0.25, 0.3) is 0 Å². The van der Waals surface area contributed by atoms with E-state index < -0.39 is 0 Å². The molecule has 0 saturated carbocycles. The van der Waals surface area contributed by atoms with Crippen LogP contribution < -0.4 is 10.6 Å². The van der Waals surface area contributed by atoms with Gasteiger partial charge < -0.3 is 20.0 Å². The number of guanidine groups is 1. The number of hydrogen-bond donors (Lipinski definition) is 2. The van der Waals surface area contributed by atoms with Crippen LogP contribution >= 0.6 is 0 Å². The zero-order valence-electron chi connectivity index (χ0n) is 14.3. The summed E-state index contributed by atoms with van der Waals surface area (Å²) in [6.45, 7) is 11.8. The standard InChI is InChI=1S/C18H30N4O/c1-16(2)15-21-18(19-9-8-17-7-6-14-23-17)20-10-13-22-11-4-3-5-12-22/h6-7,14H,1,3-5,8-13,15H2,2H3,(H2,19,20,21). The molecule has 1 aliphatic heterocycles. The van der Waals surface area contributed by atoms with Crippen molar-refractivity contribution in [3.05, 3.63) is 36.3 Å². The molecule has 1 saturated heterocycles. The Kier molecular flexibility index (Phi) is 7.73. The van der Waals surface area contributed by atoms with Gasteiger partial charge in [-0.25, -0.2) is 4.99 Å². The van der Waals surface area contributed by atoms with Crippen molar-refractivity contribution < 1.29 is 4.42 Å². The first-order valence-corrected chi connectivity index (χ1v) is 8.65. The third-order valence-electron chi connectivity index (χ3n) is 3.92. The van der Waals surface area contributed by atoms with E-state index in [-0.39, 0.29) is 0 Å². The number of nitrogens with zero attached hydrogens (tertiary/aromatic N) is 2. The van der Waals surface area contributed by atoms with E-state index in [1.54, 1.807) is 6.26 Å². The second-order valence-electron chi connectivity index (χ2n) is 6.21. The van der Waals surface area contributed by atoms with E-state index in [0.29, 0.717) is 6.54 Å². The summed E-state index contributed by atoms with van der Waals surface area (Å²) in [4.78, 5) is 7.09. The summed E-state index contributed by atoms with van der Waals surface area (Å²) < 4.78 is 5.35. The van der Waals surface area contributed by atoms with Gasteiger partial charge in [0, 0.05) is 26.1 Å². The smallest absolute Gasteiger partial charge is 0.191 e. The maximum absolute atomic E-state index is 5.35. The third kappa shape index (κ3) is 7.37. The first-order chi connectivity index (χ1) is 11.2. The maximum Gasteiger partial charge on any atom is 0.191 e. The number of rotatable bonds is 8. The predicted molar refractivity (Wildman–Crippen MR) is 95.8 cm³/mol. The van der Waals surface area contributed by atoms with E-state index in [1.165, 1.54) is 32.4 Å². The Hall–Kier alpha value is -1.75. The molecule has 5 heteroatoms. The Morgan fingerprint density at radius 2 is 2.04 bits per heavy atom. The number of nitrogens with one attached hydrogen (secondary N) is 2. The average molecular weight is 318 g/mol. The largest absolute Gasteiger partial charge is 0.469 e. The second-order valence-corrected chi connectivity index (χ2v) is 6.21. The molecule has 0 radical (unpaired) electrons. The van der Waals surface area contributed by atoms with Gasteiger partial charge in [-0.15, -0.1) is 0 Å². The Balaban J connectivity index is 1.71. The topological polar surface area (TPSA) is 52.8 Å². The SMILES string of the molecule is C=C(C)CN=C(NCCc1ccco1)NCCN1CCCCC1. The summed E-state index contributed by atoms with van der Waals surface area (Å²) >= 11 is 0. The van der Waals surface area contributed by atoms with Crippen LogP contribution in [0.25, 0.3) is 0 Å². The van der Waals surface area contributed by atoms with Crippen molar-refractivity contribution in [2.45, 2.75) is 32.6 Å². The van der Waals surface area contributed by atoms with Gasteiger partial charge in [0.05, 0.1) is 12.8 Å². The van der Waals surface area contributed by atoms with Crippen LogP contribution in [0.2, 0.25) is 0 Å². The summed E-state index contributed by atoms with van der Waals surface area (Å²) in [5.74, 6) is 1.85. The highest BCUT2D eigenvalue weighted by Gasteiger charge is 2.09. The van der Waals surface area contributed by atoms with E-state index in [1.807, 2.05) is 19.1 Å². The highest BCUT2D eigenvalue weighted by atomic mass is 16.3. The minimum Gasteiger partial charge on any atom is -0.469 e. The maximum atomic E-state index is 5.35. The van der Waals surface area contributed by atoms with Crippen molar-refractivity contribution in [2.24, 2.45) is 4.99 Å². The molecular weight excluding hydrogens is 288 g/mol. The molecule has 1 aromatic rings. The van der Waals surface area contributed by atoms with Crippen molar-refractivity contribution in [3.63, 3.8) is 0 Å². The van der Waals surface area contributed by atoms with E-state index in [9.17, 15) is 0 Å². The zero-order chi connectivity index (χ0) is 16.3. The minimum absolute atomic E-state index is 0.653. The monoisotopic (exact) mass is 318 g/mol. The van der Waals surface area contributed by atoms with Gasteiger partial charge in [0.1, 0.15) is 5.76 Å². The molecule has 0 spiro atoms. The summed E-state index contributed by atoms with van der Waals surface area (Å²) in [6.07, 6.45) is 6.61. The van der Waals surface area contributed by atoms with Gasteiger partial charge in [-0.05, 0) is 45.0 Å². The number of likely N-dealkylation sites (tertiary alicyclic amines) is 1. The lowest BCUT2D eigenvalue weighted by Gasteiger charge is -2.26. The minimum atomic E-state index is 0.653.